The number of carbonyl (C=O) groups is 2. The van der Waals surface area contributed by atoms with E-state index in [2.05, 4.69) is 32.0 Å². The van der Waals surface area contributed by atoms with Gasteiger partial charge in [-0.3, -0.25) is 4.79 Å². The zero-order valence-electron chi connectivity index (χ0n) is 27.2. The number of likely N-dealkylation sites (N-methyl/N-ethyl adjacent to an activating group) is 1. The Morgan fingerprint density at radius 2 is 1.57 bits per heavy atom. The highest BCUT2D eigenvalue weighted by Crippen LogP contribution is 2.40. The highest BCUT2D eigenvalue weighted by molar-refractivity contribution is 6.35. The number of carbonyl (C=O) groups excluding carboxylic acids is 2. The van der Waals surface area contributed by atoms with E-state index in [1.54, 1.807) is 41.0 Å². The normalized spacial score (nSPS) is 22.8. The second kappa shape index (κ2) is 13.9. The second-order valence-corrected chi connectivity index (χ2v) is 13.1. The summed E-state index contributed by atoms with van der Waals surface area (Å²) in [6.45, 7) is 8.39. The number of urea groups is 1. The highest BCUT2D eigenvalue weighted by Gasteiger charge is 2.46. The van der Waals surface area contributed by atoms with Crippen LogP contribution >= 0.6 is 23.2 Å². The lowest BCUT2D eigenvalue weighted by Gasteiger charge is -2.37. The molecular weight excluding hydrogens is 669 g/mol. The third-order valence-electron chi connectivity index (χ3n) is 9.25. The third-order valence-corrected chi connectivity index (χ3v) is 9.80. The van der Waals surface area contributed by atoms with Gasteiger partial charge in [0, 0.05) is 54.7 Å². The molecule has 3 amide bonds. The van der Waals surface area contributed by atoms with E-state index in [0.717, 1.165) is 43.3 Å². The number of aromatic nitrogens is 3. The molecule has 0 spiro atoms. The molecule has 0 radical (unpaired) electrons. The Kier molecular flexibility index (Phi) is 9.38. The lowest BCUT2D eigenvalue weighted by atomic mass is 10.1. The maximum absolute atomic E-state index is 12.8. The van der Waals surface area contributed by atoms with Crippen molar-refractivity contribution in [2.75, 3.05) is 60.6 Å². The minimum absolute atomic E-state index is 0.188. The fourth-order valence-corrected chi connectivity index (χ4v) is 7.17. The first-order valence-corrected chi connectivity index (χ1v) is 17.1. The molecule has 4 aromatic rings. The van der Waals surface area contributed by atoms with Gasteiger partial charge >= 0.3 is 6.03 Å². The van der Waals surface area contributed by atoms with Crippen LogP contribution in [0.15, 0.2) is 79.4 Å². The number of imide groups is 1. The molecular formula is C35H37Cl2N7O5. The molecule has 1 aromatic heterocycles. The summed E-state index contributed by atoms with van der Waals surface area (Å²) in [6, 6.07) is 20.3. The number of benzene rings is 3. The molecule has 0 bridgehead atoms. The Bertz CT molecular complexity index is 1790. The average molecular weight is 707 g/mol. The summed E-state index contributed by atoms with van der Waals surface area (Å²) in [5.74, 6) is -0.624. The van der Waals surface area contributed by atoms with Gasteiger partial charge in [0.25, 0.3) is 5.91 Å². The Morgan fingerprint density at radius 3 is 2.16 bits per heavy atom. The Labute approximate surface area is 294 Å². The van der Waals surface area contributed by atoms with Crippen LogP contribution in [-0.4, -0.2) is 89.7 Å². The molecule has 3 aliphatic heterocycles. The third kappa shape index (κ3) is 6.65. The van der Waals surface area contributed by atoms with E-state index in [9.17, 15) is 9.59 Å². The van der Waals surface area contributed by atoms with E-state index in [4.69, 9.17) is 37.4 Å². The predicted molar refractivity (Wildman–Crippen MR) is 187 cm³/mol. The number of ether oxygens (including phenoxy) is 3. The summed E-state index contributed by atoms with van der Waals surface area (Å²) in [7, 11) is 0. The van der Waals surface area contributed by atoms with Crippen molar-refractivity contribution in [2.24, 2.45) is 0 Å². The average Bonchev–Trinajstić information content (AvgIpc) is 3.83. The van der Waals surface area contributed by atoms with Crippen LogP contribution in [0.5, 0.6) is 5.75 Å². The molecule has 3 atom stereocenters. The van der Waals surface area contributed by atoms with Crippen LogP contribution in [0, 0.1) is 0 Å². The first kappa shape index (κ1) is 33.2. The Morgan fingerprint density at radius 1 is 0.918 bits per heavy atom. The highest BCUT2D eigenvalue weighted by atomic mass is 35.5. The maximum Gasteiger partial charge on any atom is 0.332 e. The lowest BCUT2D eigenvalue weighted by molar-refractivity contribution is -0.190. The lowest BCUT2D eigenvalue weighted by Crippen LogP contribution is -2.46. The van der Waals surface area contributed by atoms with Crippen molar-refractivity contribution in [3.8, 4) is 5.75 Å². The smallest absolute Gasteiger partial charge is 0.332 e. The van der Waals surface area contributed by atoms with E-state index >= 15 is 0 Å². The molecule has 3 fully saturated rings. The molecule has 4 heterocycles. The number of halogens is 2. The van der Waals surface area contributed by atoms with Gasteiger partial charge in [0.15, 0.2) is 0 Å². The molecule has 0 saturated carbocycles. The fourth-order valence-electron chi connectivity index (χ4n) is 6.62. The van der Waals surface area contributed by atoms with E-state index in [0.29, 0.717) is 34.4 Å². The van der Waals surface area contributed by atoms with Gasteiger partial charge in [0.2, 0.25) is 5.79 Å². The quantitative estimate of drug-likeness (QED) is 0.200. The summed E-state index contributed by atoms with van der Waals surface area (Å²) in [5, 5.41) is 5.19. The van der Waals surface area contributed by atoms with Crippen LogP contribution in [0.2, 0.25) is 10.0 Å². The van der Waals surface area contributed by atoms with Gasteiger partial charge in [0.05, 0.1) is 17.3 Å². The van der Waals surface area contributed by atoms with Gasteiger partial charge in [-0.15, -0.1) is 0 Å². The molecule has 0 aliphatic carbocycles. The standard InChI is InChI=1S/C35H37Cl2N7O5/c1-3-43-24(2)33(45)44(34(43)46)28-7-5-26(6-8-28)40-14-16-41(17-15-40)27-9-11-29(12-10-27)47-19-30-20-48-35(49-30,21-42-23-38-22-39-42)31-13-4-25(36)18-32(31)37/h4-13,18,22-24,30H,3,14-17,19-21H2,1-2H3/t24?,30-,35-/m1/s1. The fraction of sp³-hybridized carbons (Fsp3) is 0.371. The summed E-state index contributed by atoms with van der Waals surface area (Å²) in [6.07, 6.45) is 2.72. The van der Waals surface area contributed by atoms with Crippen LogP contribution in [0.25, 0.3) is 0 Å². The van der Waals surface area contributed by atoms with Crippen molar-refractivity contribution < 1.29 is 23.8 Å². The van der Waals surface area contributed by atoms with Crippen molar-refractivity contribution in [1.82, 2.24) is 19.7 Å². The number of nitrogens with zero attached hydrogens (tertiary/aromatic N) is 7. The first-order valence-electron chi connectivity index (χ1n) is 16.3. The van der Waals surface area contributed by atoms with E-state index in [1.165, 1.54) is 11.2 Å². The predicted octanol–water partition coefficient (Wildman–Crippen LogP) is 5.44. The van der Waals surface area contributed by atoms with Gasteiger partial charge in [-0.1, -0.05) is 29.3 Å². The molecule has 256 valence electrons. The molecule has 14 heteroatoms. The molecule has 7 rings (SSSR count). The molecule has 0 N–H and O–H groups in total. The SMILES string of the molecule is CCN1C(=O)N(c2ccc(N3CCN(c4ccc(OC[C@@H]5CO[C@@](Cn6cncn6)(c6ccc(Cl)cc6Cl)O5)cc4)CC3)cc2)C(=O)C1C. The summed E-state index contributed by atoms with van der Waals surface area (Å²) in [4.78, 5) is 37.0. The number of rotatable bonds is 10. The molecule has 3 aliphatic rings. The summed E-state index contributed by atoms with van der Waals surface area (Å²) >= 11 is 12.7. The molecule has 49 heavy (non-hydrogen) atoms. The molecule has 12 nitrogen and oxygen atoms in total. The number of anilines is 3. The first-order chi connectivity index (χ1) is 23.7. The Hall–Kier alpha value is -4.36. The molecule has 3 saturated heterocycles. The largest absolute Gasteiger partial charge is 0.491 e. The topological polar surface area (TPSA) is 106 Å². The van der Waals surface area contributed by atoms with E-state index in [1.807, 2.05) is 43.3 Å². The van der Waals surface area contributed by atoms with Crippen molar-refractivity contribution in [2.45, 2.75) is 38.3 Å². The van der Waals surface area contributed by atoms with Crippen LogP contribution < -0.4 is 19.4 Å². The van der Waals surface area contributed by atoms with Gasteiger partial charge in [0.1, 0.15) is 43.7 Å². The van der Waals surface area contributed by atoms with E-state index in [-0.39, 0.29) is 31.2 Å². The zero-order chi connectivity index (χ0) is 34.1. The van der Waals surface area contributed by atoms with Crippen molar-refractivity contribution >= 4 is 52.2 Å². The van der Waals surface area contributed by atoms with Crippen molar-refractivity contribution in [3.05, 3.63) is 95.0 Å². The number of hydrogen-bond acceptors (Lipinski definition) is 9. The Balaban J connectivity index is 0.923. The van der Waals surface area contributed by atoms with Gasteiger partial charge < -0.3 is 28.9 Å². The van der Waals surface area contributed by atoms with Crippen molar-refractivity contribution in [3.63, 3.8) is 0 Å². The van der Waals surface area contributed by atoms with Gasteiger partial charge in [-0.2, -0.15) is 5.10 Å². The number of hydrogen-bond donors (Lipinski definition) is 0. The molecule has 3 aromatic carbocycles. The van der Waals surface area contributed by atoms with Crippen LogP contribution in [-0.2, 0) is 26.6 Å². The zero-order valence-corrected chi connectivity index (χ0v) is 28.8. The minimum Gasteiger partial charge on any atom is -0.491 e. The van der Waals surface area contributed by atoms with Crippen LogP contribution in [0.1, 0.15) is 19.4 Å². The van der Waals surface area contributed by atoms with Gasteiger partial charge in [-0.25, -0.2) is 19.4 Å². The summed E-state index contributed by atoms with van der Waals surface area (Å²) in [5.41, 5.74) is 3.44. The van der Waals surface area contributed by atoms with Crippen LogP contribution in [0.4, 0.5) is 21.9 Å². The minimum atomic E-state index is -1.17. The van der Waals surface area contributed by atoms with Gasteiger partial charge in [-0.05, 0) is 74.5 Å². The number of amides is 3. The second-order valence-electron chi connectivity index (χ2n) is 12.2. The van der Waals surface area contributed by atoms with Crippen LogP contribution in [0.3, 0.4) is 0 Å². The molecule has 1 unspecified atom stereocenters. The van der Waals surface area contributed by atoms with Crippen molar-refractivity contribution in [1.29, 1.82) is 0 Å². The summed E-state index contributed by atoms with van der Waals surface area (Å²) < 4.78 is 20.5. The monoisotopic (exact) mass is 705 g/mol. The maximum atomic E-state index is 12.8. The number of piperazine rings is 1. The van der Waals surface area contributed by atoms with E-state index < -0.39 is 11.8 Å².